The number of fused-ring (bicyclic) bond motifs is 1. The van der Waals surface area contributed by atoms with Crippen LogP contribution in [0.4, 0.5) is 5.69 Å². The Bertz CT molecular complexity index is 1070. The van der Waals surface area contributed by atoms with E-state index in [1.807, 2.05) is 42.6 Å². The van der Waals surface area contributed by atoms with Crippen molar-refractivity contribution in [3.05, 3.63) is 71.0 Å². The van der Waals surface area contributed by atoms with Gasteiger partial charge in [-0.15, -0.1) is 0 Å². The minimum absolute atomic E-state index is 0.00843. The lowest BCUT2D eigenvalue weighted by Crippen LogP contribution is -2.17. The van der Waals surface area contributed by atoms with E-state index in [4.69, 9.17) is 4.74 Å². The molecule has 144 valence electrons. The van der Waals surface area contributed by atoms with Crippen LogP contribution >= 0.6 is 11.9 Å². The Labute approximate surface area is 169 Å². The second-order valence-electron chi connectivity index (χ2n) is 7.13. The molecule has 1 aliphatic rings. The number of ether oxygens (including phenoxy) is 1. The van der Waals surface area contributed by atoms with Crippen LogP contribution in [0.3, 0.4) is 0 Å². The average molecular weight is 393 g/mol. The third-order valence-electron chi connectivity index (χ3n) is 5.22. The number of pyridine rings is 1. The summed E-state index contributed by atoms with van der Waals surface area (Å²) in [7, 11) is 1.80. The van der Waals surface area contributed by atoms with E-state index in [1.54, 1.807) is 17.0 Å². The van der Waals surface area contributed by atoms with Crippen molar-refractivity contribution in [2.75, 3.05) is 4.72 Å². The Kier molecular flexibility index (Phi) is 5.44. The zero-order valence-electron chi connectivity index (χ0n) is 16.0. The van der Waals surface area contributed by atoms with Gasteiger partial charge in [-0.3, -0.25) is 4.79 Å². The molecule has 5 heteroatoms. The van der Waals surface area contributed by atoms with Crippen molar-refractivity contribution in [3.63, 3.8) is 0 Å². The molecule has 0 bridgehead atoms. The summed E-state index contributed by atoms with van der Waals surface area (Å²) in [5, 5.41) is 3.41. The highest BCUT2D eigenvalue weighted by atomic mass is 32.2. The largest absolute Gasteiger partial charge is 0.490 e. The standard InChI is InChI=1S/C23H24N2O2S/c1-3-28-24-16-12-13-22(27-17-8-4-5-9-17)20(14-16)21-15-25(2)23(26)19-11-7-6-10-18(19)21/h3,6-7,10-15,17,24H,1,4-5,8-9H2,2H3. The Balaban J connectivity index is 1.89. The quantitative estimate of drug-likeness (QED) is 0.544. The van der Waals surface area contributed by atoms with Crippen LogP contribution in [-0.2, 0) is 7.05 Å². The number of aromatic nitrogens is 1. The topological polar surface area (TPSA) is 43.3 Å². The first-order valence-corrected chi connectivity index (χ1v) is 10.5. The van der Waals surface area contributed by atoms with Gasteiger partial charge in [-0.25, -0.2) is 0 Å². The fraction of sp³-hybridized carbons (Fsp3) is 0.261. The molecule has 28 heavy (non-hydrogen) atoms. The highest BCUT2D eigenvalue weighted by molar-refractivity contribution is 8.03. The Morgan fingerprint density at radius 2 is 1.89 bits per heavy atom. The van der Waals surface area contributed by atoms with E-state index in [0.29, 0.717) is 5.39 Å². The van der Waals surface area contributed by atoms with Crippen LogP contribution in [0, 0.1) is 0 Å². The maximum absolute atomic E-state index is 12.6. The van der Waals surface area contributed by atoms with Crippen LogP contribution in [0.15, 0.2) is 65.4 Å². The van der Waals surface area contributed by atoms with Crippen LogP contribution < -0.4 is 15.0 Å². The molecule has 0 atom stereocenters. The van der Waals surface area contributed by atoms with E-state index in [2.05, 4.69) is 17.4 Å². The zero-order chi connectivity index (χ0) is 19.5. The van der Waals surface area contributed by atoms with Crippen LogP contribution in [0.2, 0.25) is 0 Å². The Morgan fingerprint density at radius 3 is 2.64 bits per heavy atom. The molecule has 4 rings (SSSR count). The monoisotopic (exact) mass is 392 g/mol. The summed E-state index contributed by atoms with van der Waals surface area (Å²) in [5.41, 5.74) is 2.97. The van der Waals surface area contributed by atoms with Crippen LogP contribution in [0.5, 0.6) is 5.75 Å². The van der Waals surface area contributed by atoms with Gasteiger partial charge in [-0.2, -0.15) is 0 Å². The number of benzene rings is 2. The Hall–Kier alpha value is -2.66. The third-order valence-corrected chi connectivity index (χ3v) is 5.74. The summed E-state index contributed by atoms with van der Waals surface area (Å²) in [4.78, 5) is 12.6. The molecule has 4 nitrogen and oxygen atoms in total. The number of rotatable bonds is 6. The van der Waals surface area contributed by atoms with E-state index >= 15 is 0 Å². The van der Waals surface area contributed by atoms with Gasteiger partial charge in [-0.05, 0) is 72.7 Å². The molecule has 3 aromatic rings. The highest BCUT2D eigenvalue weighted by Crippen LogP contribution is 2.38. The molecule has 0 aliphatic heterocycles. The zero-order valence-corrected chi connectivity index (χ0v) is 16.8. The number of anilines is 1. The van der Waals surface area contributed by atoms with Gasteiger partial charge in [-0.1, -0.05) is 24.8 Å². The van der Waals surface area contributed by atoms with E-state index < -0.39 is 0 Å². The van der Waals surface area contributed by atoms with E-state index in [1.165, 1.54) is 24.8 Å². The van der Waals surface area contributed by atoms with Crippen molar-refractivity contribution >= 4 is 28.4 Å². The van der Waals surface area contributed by atoms with Crippen molar-refractivity contribution in [1.29, 1.82) is 0 Å². The first kappa shape index (κ1) is 18.7. The van der Waals surface area contributed by atoms with Crippen molar-refractivity contribution in [1.82, 2.24) is 4.57 Å². The maximum Gasteiger partial charge on any atom is 0.258 e. The van der Waals surface area contributed by atoms with Gasteiger partial charge in [0.25, 0.3) is 5.56 Å². The smallest absolute Gasteiger partial charge is 0.258 e. The second kappa shape index (κ2) is 8.15. The molecular weight excluding hydrogens is 368 g/mol. The molecule has 1 aliphatic carbocycles. The summed E-state index contributed by atoms with van der Waals surface area (Å²) in [6.07, 6.45) is 6.81. The average Bonchev–Trinajstić information content (AvgIpc) is 3.23. The molecule has 1 saturated carbocycles. The summed E-state index contributed by atoms with van der Waals surface area (Å²) in [6.45, 7) is 3.74. The minimum Gasteiger partial charge on any atom is -0.490 e. The molecule has 0 unspecified atom stereocenters. The normalized spacial score (nSPS) is 14.3. The summed E-state index contributed by atoms with van der Waals surface area (Å²) in [6, 6.07) is 13.9. The lowest BCUT2D eigenvalue weighted by atomic mass is 9.99. The fourth-order valence-corrected chi connectivity index (χ4v) is 4.18. The molecule has 1 N–H and O–H groups in total. The molecule has 1 fully saturated rings. The lowest BCUT2D eigenvalue weighted by molar-refractivity contribution is 0.211. The van der Waals surface area contributed by atoms with Gasteiger partial charge in [0.1, 0.15) is 5.75 Å². The minimum atomic E-state index is 0.00843. The van der Waals surface area contributed by atoms with E-state index in [-0.39, 0.29) is 11.7 Å². The molecular formula is C23H24N2O2S. The highest BCUT2D eigenvalue weighted by Gasteiger charge is 2.20. The molecule has 0 radical (unpaired) electrons. The molecule has 0 spiro atoms. The molecule has 1 heterocycles. The lowest BCUT2D eigenvalue weighted by Gasteiger charge is -2.19. The second-order valence-corrected chi connectivity index (χ2v) is 7.90. The van der Waals surface area contributed by atoms with Crippen LogP contribution in [0.25, 0.3) is 21.9 Å². The number of aryl methyl sites for hydroxylation is 1. The van der Waals surface area contributed by atoms with Crippen molar-refractivity contribution in [2.24, 2.45) is 7.05 Å². The number of hydrogen-bond acceptors (Lipinski definition) is 4. The van der Waals surface area contributed by atoms with Gasteiger partial charge in [0.05, 0.1) is 6.10 Å². The van der Waals surface area contributed by atoms with Crippen LogP contribution in [-0.4, -0.2) is 10.7 Å². The van der Waals surface area contributed by atoms with Crippen molar-refractivity contribution < 1.29 is 4.74 Å². The first-order chi connectivity index (χ1) is 13.7. The molecule has 2 aromatic carbocycles. The SMILES string of the molecule is C=CSNc1ccc(OC2CCCC2)c(-c2cn(C)c(=O)c3ccccc23)c1. The first-order valence-electron chi connectivity index (χ1n) is 9.59. The summed E-state index contributed by atoms with van der Waals surface area (Å²) in [5.74, 6) is 0.866. The fourth-order valence-electron chi connectivity index (χ4n) is 3.83. The number of nitrogens with one attached hydrogen (secondary N) is 1. The summed E-state index contributed by atoms with van der Waals surface area (Å²) >= 11 is 1.43. The number of nitrogens with zero attached hydrogens (tertiary/aromatic N) is 1. The van der Waals surface area contributed by atoms with Crippen LogP contribution in [0.1, 0.15) is 25.7 Å². The predicted octanol–water partition coefficient (Wildman–Crippen LogP) is 5.73. The van der Waals surface area contributed by atoms with Gasteiger partial charge >= 0.3 is 0 Å². The Morgan fingerprint density at radius 1 is 1.14 bits per heavy atom. The van der Waals surface area contributed by atoms with Gasteiger partial charge in [0, 0.05) is 35.4 Å². The molecule has 0 saturated heterocycles. The summed E-state index contributed by atoms with van der Waals surface area (Å²) < 4.78 is 11.3. The number of hydrogen-bond donors (Lipinski definition) is 1. The molecule has 0 amide bonds. The van der Waals surface area contributed by atoms with Crippen molar-refractivity contribution in [3.8, 4) is 16.9 Å². The third kappa shape index (κ3) is 3.67. The van der Waals surface area contributed by atoms with Crippen molar-refractivity contribution in [2.45, 2.75) is 31.8 Å². The predicted molar refractivity (Wildman–Crippen MR) is 119 cm³/mol. The van der Waals surface area contributed by atoms with E-state index in [9.17, 15) is 4.79 Å². The van der Waals surface area contributed by atoms with Gasteiger partial charge in [0.15, 0.2) is 0 Å². The van der Waals surface area contributed by atoms with E-state index in [0.717, 1.165) is 40.8 Å². The maximum atomic E-state index is 12.6. The van der Waals surface area contributed by atoms with Gasteiger partial charge in [0.2, 0.25) is 0 Å². The molecule has 1 aromatic heterocycles. The van der Waals surface area contributed by atoms with Gasteiger partial charge < -0.3 is 14.0 Å².